The molecule has 1 N–H and O–H groups in total. The maximum atomic E-state index is 12.7. The minimum Gasteiger partial charge on any atom is -0.548 e. The van der Waals surface area contributed by atoms with Gasteiger partial charge in [-0.05, 0) is 24.5 Å². The van der Waals surface area contributed by atoms with Crippen molar-refractivity contribution < 1.29 is 19.5 Å². The van der Waals surface area contributed by atoms with Crippen LogP contribution in [0.15, 0.2) is 30.5 Å². The summed E-state index contributed by atoms with van der Waals surface area (Å²) in [5.41, 5.74) is 1.66. The van der Waals surface area contributed by atoms with E-state index in [9.17, 15) is 19.5 Å². The van der Waals surface area contributed by atoms with Gasteiger partial charge in [-0.1, -0.05) is 31.0 Å². The van der Waals surface area contributed by atoms with Gasteiger partial charge in [0.2, 0.25) is 11.8 Å². The zero-order chi connectivity index (χ0) is 17.6. The highest BCUT2D eigenvalue weighted by atomic mass is 16.4. The highest BCUT2D eigenvalue weighted by Crippen LogP contribution is 2.39. The lowest BCUT2D eigenvalue weighted by molar-refractivity contribution is -0.310. The van der Waals surface area contributed by atoms with Gasteiger partial charge in [-0.25, -0.2) is 0 Å². The average Bonchev–Trinajstić information content (AvgIpc) is 3.13. The Morgan fingerprint density at radius 2 is 1.80 bits per heavy atom. The van der Waals surface area contributed by atoms with Gasteiger partial charge in [-0.2, -0.15) is 0 Å². The number of rotatable bonds is 4. The first-order valence-electron chi connectivity index (χ1n) is 8.70. The Morgan fingerprint density at radius 1 is 1.16 bits per heavy atom. The largest absolute Gasteiger partial charge is 0.548 e. The van der Waals surface area contributed by atoms with Gasteiger partial charge in [0, 0.05) is 23.5 Å². The molecule has 1 saturated carbocycles. The molecule has 2 aromatic rings. The first kappa shape index (κ1) is 15.9. The number of nitrogens with zero attached hydrogens (tertiary/aromatic N) is 1. The summed E-state index contributed by atoms with van der Waals surface area (Å²) in [4.78, 5) is 41.2. The molecule has 1 aliphatic heterocycles. The number of H-pyrrole nitrogens is 1. The molecule has 1 aromatic carbocycles. The summed E-state index contributed by atoms with van der Waals surface area (Å²) in [7, 11) is 0. The van der Waals surface area contributed by atoms with Crippen molar-refractivity contribution in [3.05, 3.63) is 36.0 Å². The molecule has 2 aliphatic rings. The summed E-state index contributed by atoms with van der Waals surface area (Å²) in [6.45, 7) is 0. The van der Waals surface area contributed by atoms with Gasteiger partial charge in [0.25, 0.3) is 0 Å². The van der Waals surface area contributed by atoms with Gasteiger partial charge in [0.1, 0.15) is 0 Å². The van der Waals surface area contributed by atoms with Crippen LogP contribution in [0.2, 0.25) is 0 Å². The number of amides is 2. The van der Waals surface area contributed by atoms with Crippen molar-refractivity contribution in [3.63, 3.8) is 0 Å². The van der Waals surface area contributed by atoms with Crippen LogP contribution in [0.25, 0.3) is 10.9 Å². The molecule has 25 heavy (non-hydrogen) atoms. The second-order valence-corrected chi connectivity index (χ2v) is 6.94. The van der Waals surface area contributed by atoms with E-state index in [0.29, 0.717) is 12.8 Å². The number of carbonyl (C=O) groups is 3. The van der Waals surface area contributed by atoms with Crippen molar-refractivity contribution in [2.45, 2.75) is 38.1 Å². The van der Waals surface area contributed by atoms with Crippen LogP contribution >= 0.6 is 0 Å². The summed E-state index contributed by atoms with van der Waals surface area (Å²) in [5.74, 6) is -2.78. The van der Waals surface area contributed by atoms with E-state index < -0.39 is 12.0 Å². The number of para-hydroxylation sites is 1. The van der Waals surface area contributed by atoms with Crippen molar-refractivity contribution in [1.82, 2.24) is 9.88 Å². The minimum absolute atomic E-state index is 0.0588. The third-order valence-corrected chi connectivity index (χ3v) is 5.55. The van der Waals surface area contributed by atoms with E-state index in [1.807, 2.05) is 24.3 Å². The summed E-state index contributed by atoms with van der Waals surface area (Å²) in [5, 5.41) is 12.7. The quantitative estimate of drug-likeness (QED) is 0.841. The Bertz CT molecular complexity index is 832. The number of aromatic amines is 1. The van der Waals surface area contributed by atoms with Gasteiger partial charge < -0.3 is 14.9 Å². The van der Waals surface area contributed by atoms with Crippen LogP contribution in [0.5, 0.6) is 0 Å². The predicted octanol–water partition coefficient (Wildman–Crippen LogP) is 1.00. The van der Waals surface area contributed by atoms with Gasteiger partial charge in [0.15, 0.2) is 0 Å². The molecule has 6 heteroatoms. The number of hydrogen-bond donors (Lipinski definition) is 1. The van der Waals surface area contributed by atoms with Crippen molar-refractivity contribution in [1.29, 1.82) is 0 Å². The van der Waals surface area contributed by atoms with Crippen molar-refractivity contribution in [2.24, 2.45) is 11.8 Å². The molecule has 3 atom stereocenters. The molecule has 1 aromatic heterocycles. The van der Waals surface area contributed by atoms with Gasteiger partial charge >= 0.3 is 0 Å². The lowest BCUT2D eigenvalue weighted by Gasteiger charge is -2.27. The van der Waals surface area contributed by atoms with Crippen molar-refractivity contribution in [3.8, 4) is 0 Å². The Hall–Kier alpha value is -2.63. The third kappa shape index (κ3) is 2.52. The van der Waals surface area contributed by atoms with Crippen LogP contribution in [-0.4, -0.2) is 33.7 Å². The van der Waals surface area contributed by atoms with Crippen LogP contribution < -0.4 is 5.11 Å². The first-order valence-corrected chi connectivity index (χ1v) is 8.70. The number of aromatic nitrogens is 1. The number of aliphatic carboxylic acids is 1. The van der Waals surface area contributed by atoms with Crippen molar-refractivity contribution in [2.75, 3.05) is 0 Å². The van der Waals surface area contributed by atoms with Crippen LogP contribution in [-0.2, 0) is 20.8 Å². The molecule has 1 aliphatic carbocycles. The summed E-state index contributed by atoms with van der Waals surface area (Å²) < 4.78 is 0. The summed E-state index contributed by atoms with van der Waals surface area (Å²) >= 11 is 0. The smallest absolute Gasteiger partial charge is 0.233 e. The monoisotopic (exact) mass is 339 g/mol. The normalized spacial score (nSPS) is 24.6. The SMILES string of the molecule is O=C([O-])[C@@H](Cc1c[nH]c2ccccc12)N1C(=O)[C@H]2CCCC[C@@H]2C1=O. The van der Waals surface area contributed by atoms with E-state index in [-0.39, 0.29) is 30.1 Å². The van der Waals surface area contributed by atoms with Crippen molar-refractivity contribution >= 4 is 28.7 Å². The second kappa shape index (κ2) is 6.02. The van der Waals surface area contributed by atoms with E-state index in [4.69, 9.17) is 0 Å². The molecule has 0 radical (unpaired) electrons. The van der Waals surface area contributed by atoms with Crippen LogP contribution in [0, 0.1) is 11.8 Å². The van der Waals surface area contributed by atoms with E-state index in [1.54, 1.807) is 6.20 Å². The Labute approximate surface area is 144 Å². The highest BCUT2D eigenvalue weighted by Gasteiger charge is 2.50. The zero-order valence-corrected chi connectivity index (χ0v) is 13.7. The lowest BCUT2D eigenvalue weighted by Crippen LogP contribution is -2.52. The lowest BCUT2D eigenvalue weighted by atomic mass is 9.81. The number of nitrogens with one attached hydrogen (secondary N) is 1. The number of carboxylic acids is 1. The molecular weight excluding hydrogens is 320 g/mol. The van der Waals surface area contributed by atoms with Crippen LogP contribution in [0.1, 0.15) is 31.2 Å². The fourth-order valence-corrected chi connectivity index (χ4v) is 4.28. The van der Waals surface area contributed by atoms with Gasteiger partial charge in [0.05, 0.1) is 23.8 Å². The van der Waals surface area contributed by atoms with E-state index >= 15 is 0 Å². The van der Waals surface area contributed by atoms with Gasteiger partial charge in [-0.3, -0.25) is 14.5 Å². The number of imide groups is 1. The molecule has 4 rings (SSSR count). The van der Waals surface area contributed by atoms with Crippen LogP contribution in [0.4, 0.5) is 0 Å². The molecule has 2 fully saturated rings. The summed E-state index contributed by atoms with van der Waals surface area (Å²) in [6, 6.07) is 6.28. The molecule has 0 bridgehead atoms. The zero-order valence-electron chi connectivity index (χ0n) is 13.7. The fourth-order valence-electron chi connectivity index (χ4n) is 4.28. The molecule has 0 spiro atoms. The van der Waals surface area contributed by atoms with Gasteiger partial charge in [-0.15, -0.1) is 0 Å². The standard InChI is InChI=1S/C19H20N2O4/c22-17-13-6-1-2-7-14(13)18(23)21(17)16(19(24)25)9-11-10-20-15-8-4-3-5-12(11)15/h3-5,8,10,13-14,16,20H,1-2,6-7,9H2,(H,24,25)/p-1/t13-,14-,16+/m0/s1. The Balaban J connectivity index is 1.66. The van der Waals surface area contributed by atoms with E-state index in [2.05, 4.69) is 4.98 Å². The third-order valence-electron chi connectivity index (χ3n) is 5.55. The number of carbonyl (C=O) groups excluding carboxylic acids is 3. The van der Waals surface area contributed by atoms with E-state index in [0.717, 1.165) is 34.2 Å². The highest BCUT2D eigenvalue weighted by molar-refractivity contribution is 6.07. The maximum Gasteiger partial charge on any atom is 0.233 e. The minimum atomic E-state index is -1.38. The molecule has 2 amide bonds. The number of benzene rings is 1. The first-order chi connectivity index (χ1) is 12.1. The Morgan fingerprint density at radius 3 is 2.44 bits per heavy atom. The average molecular weight is 339 g/mol. The molecule has 1 saturated heterocycles. The number of fused-ring (bicyclic) bond motifs is 2. The van der Waals surface area contributed by atoms with Crippen LogP contribution in [0.3, 0.4) is 0 Å². The molecular formula is C19H19N2O4-. The maximum absolute atomic E-state index is 12.7. The number of likely N-dealkylation sites (tertiary alicyclic amines) is 1. The molecule has 130 valence electrons. The topological polar surface area (TPSA) is 93.3 Å². The second-order valence-electron chi connectivity index (χ2n) is 6.94. The number of hydrogen-bond acceptors (Lipinski definition) is 4. The fraction of sp³-hybridized carbons (Fsp3) is 0.421. The summed E-state index contributed by atoms with van der Waals surface area (Å²) in [6.07, 6.45) is 4.94. The molecule has 0 unspecified atom stereocenters. The molecule has 2 heterocycles. The molecule has 6 nitrogen and oxygen atoms in total. The Kier molecular flexibility index (Phi) is 3.82. The predicted molar refractivity (Wildman–Crippen MR) is 88.1 cm³/mol. The number of carboxylic acid groups (broad SMARTS) is 1. The van der Waals surface area contributed by atoms with E-state index in [1.165, 1.54) is 0 Å².